The number of nitrogens with one attached hydrogen (secondary N) is 1. The summed E-state index contributed by atoms with van der Waals surface area (Å²) in [5, 5.41) is 21.3. The molecule has 0 aliphatic rings. The van der Waals surface area contributed by atoms with E-state index in [0.717, 1.165) is 0 Å². The molecule has 1 amide bonds. The van der Waals surface area contributed by atoms with Gasteiger partial charge in [0, 0.05) is 16.8 Å². The lowest BCUT2D eigenvalue weighted by atomic mass is 10.1. The van der Waals surface area contributed by atoms with Crippen LogP contribution in [0.15, 0.2) is 78.4 Å². The van der Waals surface area contributed by atoms with Crippen LogP contribution < -0.4 is 10.1 Å². The largest absolute Gasteiger partial charge is 0.508 e. The Morgan fingerprint density at radius 2 is 1.76 bits per heavy atom. The molecule has 6 heteroatoms. The number of anilines is 1. The summed E-state index contributed by atoms with van der Waals surface area (Å²) < 4.78 is 19.5. The predicted molar refractivity (Wildman–Crippen MR) is 108 cm³/mol. The van der Waals surface area contributed by atoms with Gasteiger partial charge in [0.2, 0.25) is 0 Å². The lowest BCUT2D eigenvalue weighted by Gasteiger charge is -2.10. The minimum Gasteiger partial charge on any atom is -0.508 e. The molecule has 0 fully saturated rings. The molecule has 3 aromatic rings. The lowest BCUT2D eigenvalue weighted by Crippen LogP contribution is -2.13. The molecule has 0 saturated heterocycles. The van der Waals surface area contributed by atoms with E-state index < -0.39 is 5.91 Å². The number of para-hydroxylation sites is 1. The molecule has 0 radical (unpaired) electrons. The first-order valence-corrected chi connectivity index (χ1v) is 8.74. The fourth-order valence-corrected chi connectivity index (χ4v) is 2.55. The molecule has 2 N–H and O–H groups in total. The molecule has 0 aliphatic carbocycles. The third-order valence-corrected chi connectivity index (χ3v) is 4.05. The molecule has 3 aromatic carbocycles. The summed E-state index contributed by atoms with van der Waals surface area (Å²) in [6.07, 6.45) is 1.41. The number of ether oxygens (including phenoxy) is 1. The minimum absolute atomic E-state index is 0.0130. The Morgan fingerprint density at radius 1 is 1.07 bits per heavy atom. The van der Waals surface area contributed by atoms with E-state index in [1.54, 1.807) is 42.5 Å². The Bertz CT molecular complexity index is 1090. The SMILES string of the molecule is N#C/C(=C\c1ccccc1OCc1ccccc1F)C(=O)Nc1ccc(O)cc1. The van der Waals surface area contributed by atoms with Crippen LogP contribution in [-0.2, 0) is 11.4 Å². The smallest absolute Gasteiger partial charge is 0.266 e. The maximum absolute atomic E-state index is 13.8. The van der Waals surface area contributed by atoms with Crippen molar-refractivity contribution in [2.75, 3.05) is 5.32 Å². The van der Waals surface area contributed by atoms with Crippen LogP contribution in [0.4, 0.5) is 10.1 Å². The van der Waals surface area contributed by atoms with E-state index in [0.29, 0.717) is 22.6 Å². The van der Waals surface area contributed by atoms with Crippen molar-refractivity contribution in [1.29, 1.82) is 5.26 Å². The average molecular weight is 388 g/mol. The first kappa shape index (κ1) is 19.6. The Kier molecular flexibility index (Phi) is 6.23. The number of nitriles is 1. The molecule has 0 aromatic heterocycles. The summed E-state index contributed by atoms with van der Waals surface area (Å²) in [5.41, 5.74) is 1.23. The number of hydrogen-bond donors (Lipinski definition) is 2. The normalized spacial score (nSPS) is 10.8. The second-order valence-electron chi connectivity index (χ2n) is 6.09. The van der Waals surface area contributed by atoms with Gasteiger partial charge in [0.1, 0.15) is 35.6 Å². The van der Waals surface area contributed by atoms with E-state index in [2.05, 4.69) is 5.32 Å². The van der Waals surface area contributed by atoms with Crippen LogP contribution in [-0.4, -0.2) is 11.0 Å². The molecule has 0 unspecified atom stereocenters. The summed E-state index contributed by atoms with van der Waals surface area (Å²) in [6.45, 7) is 0.0130. The van der Waals surface area contributed by atoms with E-state index in [4.69, 9.17) is 4.74 Å². The van der Waals surface area contributed by atoms with Gasteiger partial charge < -0.3 is 15.2 Å². The number of halogens is 1. The van der Waals surface area contributed by atoms with Gasteiger partial charge >= 0.3 is 0 Å². The maximum atomic E-state index is 13.8. The first-order chi connectivity index (χ1) is 14.1. The van der Waals surface area contributed by atoms with E-state index in [9.17, 15) is 19.6 Å². The van der Waals surface area contributed by atoms with Crippen LogP contribution in [0.5, 0.6) is 11.5 Å². The molecule has 5 nitrogen and oxygen atoms in total. The van der Waals surface area contributed by atoms with Crippen molar-refractivity contribution >= 4 is 17.7 Å². The molecule has 3 rings (SSSR count). The van der Waals surface area contributed by atoms with Crippen molar-refractivity contribution < 1.29 is 19.0 Å². The monoisotopic (exact) mass is 388 g/mol. The highest BCUT2D eigenvalue weighted by molar-refractivity contribution is 6.09. The second-order valence-corrected chi connectivity index (χ2v) is 6.09. The third kappa shape index (κ3) is 5.21. The second kappa shape index (κ2) is 9.20. The molecule has 0 bridgehead atoms. The number of carbonyl (C=O) groups excluding carboxylic acids is 1. The highest BCUT2D eigenvalue weighted by Crippen LogP contribution is 2.23. The molecule has 0 spiro atoms. The van der Waals surface area contributed by atoms with Gasteiger partial charge in [-0.25, -0.2) is 4.39 Å². The summed E-state index contributed by atoms with van der Waals surface area (Å²) in [5.74, 6) is -0.477. The first-order valence-electron chi connectivity index (χ1n) is 8.74. The van der Waals surface area contributed by atoms with Gasteiger partial charge in [-0.3, -0.25) is 4.79 Å². The Labute approximate surface area is 167 Å². The molecular formula is C23H17FN2O3. The average Bonchev–Trinajstić information content (AvgIpc) is 2.73. The fourth-order valence-electron chi connectivity index (χ4n) is 2.55. The number of rotatable bonds is 6. The van der Waals surface area contributed by atoms with Gasteiger partial charge in [-0.1, -0.05) is 36.4 Å². The zero-order chi connectivity index (χ0) is 20.6. The number of aromatic hydroxyl groups is 1. The molecule has 0 heterocycles. The van der Waals surface area contributed by atoms with Crippen molar-refractivity contribution in [2.45, 2.75) is 6.61 Å². The number of nitrogens with zero attached hydrogens (tertiary/aromatic N) is 1. The Balaban J connectivity index is 1.78. The van der Waals surface area contributed by atoms with Crippen molar-refractivity contribution in [3.8, 4) is 17.6 Å². The van der Waals surface area contributed by atoms with Crippen molar-refractivity contribution in [1.82, 2.24) is 0 Å². The van der Waals surface area contributed by atoms with Crippen LogP contribution in [0.1, 0.15) is 11.1 Å². The van der Waals surface area contributed by atoms with Crippen LogP contribution >= 0.6 is 0 Å². The van der Waals surface area contributed by atoms with Crippen LogP contribution in [0, 0.1) is 17.1 Å². The van der Waals surface area contributed by atoms with Gasteiger partial charge in [-0.2, -0.15) is 5.26 Å². The van der Waals surface area contributed by atoms with E-state index >= 15 is 0 Å². The highest BCUT2D eigenvalue weighted by Gasteiger charge is 2.12. The van der Waals surface area contributed by atoms with Gasteiger partial charge in [0.25, 0.3) is 5.91 Å². The highest BCUT2D eigenvalue weighted by atomic mass is 19.1. The number of amides is 1. The zero-order valence-electron chi connectivity index (χ0n) is 15.3. The zero-order valence-corrected chi connectivity index (χ0v) is 15.3. The van der Waals surface area contributed by atoms with Gasteiger partial charge in [-0.05, 0) is 42.5 Å². The standard InChI is InChI=1S/C23H17FN2O3/c24-21-7-3-1-6-17(21)15-29-22-8-4-2-5-16(22)13-18(14-25)23(28)26-19-9-11-20(27)12-10-19/h1-13,27H,15H2,(H,26,28)/b18-13+. The van der Waals surface area contributed by atoms with E-state index in [-0.39, 0.29) is 23.7 Å². The maximum Gasteiger partial charge on any atom is 0.266 e. The molecular weight excluding hydrogens is 371 g/mol. The summed E-state index contributed by atoms with van der Waals surface area (Å²) in [7, 11) is 0. The van der Waals surface area contributed by atoms with Crippen molar-refractivity contribution in [3.63, 3.8) is 0 Å². The van der Waals surface area contributed by atoms with Gasteiger partial charge in [-0.15, -0.1) is 0 Å². The van der Waals surface area contributed by atoms with Gasteiger partial charge in [0.15, 0.2) is 0 Å². The number of hydrogen-bond acceptors (Lipinski definition) is 4. The van der Waals surface area contributed by atoms with Crippen LogP contribution in [0.2, 0.25) is 0 Å². The Hall–Kier alpha value is -4.11. The van der Waals surface area contributed by atoms with Crippen LogP contribution in [0.25, 0.3) is 6.08 Å². The van der Waals surface area contributed by atoms with E-state index in [1.807, 2.05) is 6.07 Å². The topological polar surface area (TPSA) is 82.3 Å². The molecule has 144 valence electrons. The van der Waals surface area contributed by atoms with Crippen LogP contribution in [0.3, 0.4) is 0 Å². The predicted octanol–water partition coefficient (Wildman–Crippen LogP) is 4.66. The van der Waals surface area contributed by atoms with E-state index in [1.165, 1.54) is 36.4 Å². The minimum atomic E-state index is -0.595. The van der Waals surface area contributed by atoms with Gasteiger partial charge in [0.05, 0.1) is 0 Å². The molecule has 29 heavy (non-hydrogen) atoms. The fraction of sp³-hybridized carbons (Fsp3) is 0.0435. The van der Waals surface area contributed by atoms with Crippen molar-refractivity contribution in [2.24, 2.45) is 0 Å². The number of carbonyl (C=O) groups is 1. The summed E-state index contributed by atoms with van der Waals surface area (Å²) in [4.78, 5) is 12.4. The Morgan fingerprint density at radius 3 is 2.48 bits per heavy atom. The molecule has 0 saturated carbocycles. The number of phenols is 1. The summed E-state index contributed by atoms with van der Waals surface area (Å²) >= 11 is 0. The summed E-state index contributed by atoms with van der Waals surface area (Å²) in [6, 6.07) is 20.9. The molecule has 0 aliphatic heterocycles. The third-order valence-electron chi connectivity index (χ3n) is 4.05. The molecule has 0 atom stereocenters. The number of benzene rings is 3. The van der Waals surface area contributed by atoms with Crippen molar-refractivity contribution in [3.05, 3.63) is 95.3 Å². The lowest BCUT2D eigenvalue weighted by molar-refractivity contribution is -0.112. The number of phenolic OH excluding ortho intramolecular Hbond substituents is 1. The quantitative estimate of drug-likeness (QED) is 0.366.